The number of carbonyl (C=O) groups is 1. The van der Waals surface area contributed by atoms with E-state index in [1.54, 1.807) is 36.4 Å². The number of rotatable bonds is 5. The van der Waals surface area contributed by atoms with Gasteiger partial charge >= 0.3 is 0 Å². The number of hydrogen-bond acceptors (Lipinski definition) is 5. The second-order valence-corrected chi connectivity index (χ2v) is 8.93. The highest BCUT2D eigenvalue weighted by Gasteiger charge is 2.39. The number of benzene rings is 1. The van der Waals surface area contributed by atoms with Crippen LogP contribution in [0.2, 0.25) is 10.0 Å². The van der Waals surface area contributed by atoms with E-state index >= 15 is 0 Å². The van der Waals surface area contributed by atoms with E-state index in [2.05, 4.69) is 9.71 Å². The topological polar surface area (TPSA) is 102 Å². The van der Waals surface area contributed by atoms with Gasteiger partial charge in [-0.15, -0.1) is 0 Å². The summed E-state index contributed by atoms with van der Waals surface area (Å²) < 4.78 is 27.4. The molecule has 0 fully saturated rings. The molecule has 1 aliphatic rings. The van der Waals surface area contributed by atoms with Gasteiger partial charge in [-0.05, 0) is 30.7 Å². The van der Waals surface area contributed by atoms with E-state index in [9.17, 15) is 13.2 Å². The normalized spacial score (nSPS) is 19.1. The van der Waals surface area contributed by atoms with Gasteiger partial charge in [0.05, 0.1) is 26.0 Å². The number of nitrogens with two attached hydrogens (primary N) is 1. The largest absolute Gasteiger partial charge is 0.399 e. The third-order valence-electron chi connectivity index (χ3n) is 4.40. The summed E-state index contributed by atoms with van der Waals surface area (Å²) in [5.41, 5.74) is 5.49. The van der Waals surface area contributed by atoms with Crippen molar-refractivity contribution in [2.75, 3.05) is 0 Å². The van der Waals surface area contributed by atoms with Crippen LogP contribution in [0.25, 0.3) is 0 Å². The maximum atomic E-state index is 13.1. The average molecular weight is 438 g/mol. The first-order chi connectivity index (χ1) is 13.2. The highest BCUT2D eigenvalue weighted by atomic mass is 35.5. The molecule has 3 N–H and O–H groups in total. The Kier molecular flexibility index (Phi) is 5.79. The Hall–Kier alpha value is -2.35. The minimum absolute atomic E-state index is 0.00371. The first-order valence-electron chi connectivity index (χ1n) is 8.29. The lowest BCUT2D eigenvalue weighted by molar-refractivity contribution is -0.126. The molecule has 9 heteroatoms. The van der Waals surface area contributed by atoms with Gasteiger partial charge in [0.2, 0.25) is 5.91 Å². The first-order valence-corrected chi connectivity index (χ1v) is 10.5. The first kappa shape index (κ1) is 20.4. The molecule has 28 heavy (non-hydrogen) atoms. The zero-order chi connectivity index (χ0) is 20.4. The summed E-state index contributed by atoms with van der Waals surface area (Å²) in [5, 5.41) is 0.656. The van der Waals surface area contributed by atoms with Gasteiger partial charge in [-0.25, -0.2) is 13.1 Å². The minimum Gasteiger partial charge on any atom is -0.399 e. The van der Waals surface area contributed by atoms with Gasteiger partial charge in [0.25, 0.3) is 10.0 Å². The fourth-order valence-electron chi connectivity index (χ4n) is 2.83. The predicted octanol–water partition coefficient (Wildman–Crippen LogP) is 3.22. The molecule has 6 nitrogen and oxygen atoms in total. The Morgan fingerprint density at radius 3 is 2.57 bits per heavy atom. The number of hydrogen-bond donors (Lipinski definition) is 2. The van der Waals surface area contributed by atoms with E-state index in [0.29, 0.717) is 21.4 Å². The van der Waals surface area contributed by atoms with Gasteiger partial charge in [-0.1, -0.05) is 53.6 Å². The predicted molar refractivity (Wildman–Crippen MR) is 108 cm³/mol. The fraction of sp³-hybridized carbons (Fsp3) is 0.158. The highest BCUT2D eigenvalue weighted by molar-refractivity contribution is 7.90. The van der Waals surface area contributed by atoms with Crippen LogP contribution in [0, 0.1) is 5.41 Å². The number of nitrogens with one attached hydrogen (secondary N) is 1. The van der Waals surface area contributed by atoms with Gasteiger partial charge in [-0.2, -0.15) is 0 Å². The fourth-order valence-corrected chi connectivity index (χ4v) is 4.35. The molecule has 1 amide bonds. The van der Waals surface area contributed by atoms with E-state index in [4.69, 9.17) is 28.9 Å². The summed E-state index contributed by atoms with van der Waals surface area (Å²) in [6.07, 6.45) is 6.53. The summed E-state index contributed by atoms with van der Waals surface area (Å²) in [6.45, 7) is 0. The van der Waals surface area contributed by atoms with Crippen molar-refractivity contribution in [3.8, 4) is 0 Å². The average Bonchev–Trinajstić information content (AvgIpc) is 2.66. The third-order valence-corrected chi connectivity index (χ3v) is 6.28. The summed E-state index contributed by atoms with van der Waals surface area (Å²) in [7, 11) is -4.03. The molecular weight excluding hydrogens is 421 g/mol. The Balaban J connectivity index is 1.94. The summed E-state index contributed by atoms with van der Waals surface area (Å²) in [5.74, 6) is -0.691. The van der Waals surface area contributed by atoms with Crippen molar-refractivity contribution < 1.29 is 13.2 Å². The molecule has 1 aliphatic carbocycles. The van der Waals surface area contributed by atoms with Gasteiger partial charge in [0.1, 0.15) is 0 Å². The summed E-state index contributed by atoms with van der Waals surface area (Å²) >= 11 is 12.1. The van der Waals surface area contributed by atoms with Crippen molar-refractivity contribution in [1.82, 2.24) is 9.71 Å². The van der Waals surface area contributed by atoms with Crippen LogP contribution in [-0.2, 0) is 21.2 Å². The molecule has 0 spiro atoms. The van der Waals surface area contributed by atoms with Gasteiger partial charge in [0.15, 0.2) is 0 Å². The van der Waals surface area contributed by atoms with Crippen molar-refractivity contribution in [3.63, 3.8) is 0 Å². The zero-order valence-corrected chi connectivity index (χ0v) is 16.9. The molecule has 0 bridgehead atoms. The number of halogens is 2. The Bertz CT molecular complexity index is 1070. The van der Waals surface area contributed by atoms with Crippen LogP contribution in [0.4, 0.5) is 0 Å². The quantitative estimate of drug-likeness (QED) is 0.747. The van der Waals surface area contributed by atoms with Crippen LogP contribution in [0.5, 0.6) is 0 Å². The molecule has 146 valence electrons. The zero-order valence-electron chi connectivity index (χ0n) is 14.6. The van der Waals surface area contributed by atoms with Gasteiger partial charge < -0.3 is 5.73 Å². The molecule has 1 heterocycles. The summed E-state index contributed by atoms with van der Waals surface area (Å²) in [6, 6.07) is 9.19. The number of allylic oxidation sites excluding steroid dienone is 2. The molecular formula is C19H17Cl2N3O3S. The standard InChI is InChI=1S/C19H17Cl2N3O3S/c20-13-10-16(21)17(23-12-13)11-19(8-6-14(22)7-9-19)18(25)24-28(26,27)15-4-2-1-3-5-15/h1-8,10,12H,9,11,22H2,(H,24,25). The smallest absolute Gasteiger partial charge is 0.264 e. The Morgan fingerprint density at radius 1 is 1.25 bits per heavy atom. The van der Waals surface area contributed by atoms with Crippen LogP contribution in [0.1, 0.15) is 12.1 Å². The minimum atomic E-state index is -4.03. The van der Waals surface area contributed by atoms with E-state index in [0.717, 1.165) is 0 Å². The molecule has 3 rings (SSSR count). The molecule has 0 radical (unpaired) electrons. The molecule has 0 aliphatic heterocycles. The molecule has 1 aromatic heterocycles. The lowest BCUT2D eigenvalue weighted by Gasteiger charge is -2.30. The van der Waals surface area contributed by atoms with E-state index in [1.807, 2.05) is 0 Å². The molecule has 1 unspecified atom stereocenters. The molecule has 1 aromatic carbocycles. The lowest BCUT2D eigenvalue weighted by atomic mass is 9.76. The van der Waals surface area contributed by atoms with Crippen molar-refractivity contribution in [2.24, 2.45) is 11.1 Å². The number of carbonyl (C=O) groups excluding carboxylic acids is 1. The van der Waals surface area contributed by atoms with Crippen LogP contribution < -0.4 is 10.5 Å². The number of pyridine rings is 1. The van der Waals surface area contributed by atoms with Crippen LogP contribution in [-0.4, -0.2) is 19.3 Å². The maximum Gasteiger partial charge on any atom is 0.264 e. The van der Waals surface area contributed by atoms with Crippen LogP contribution in [0.3, 0.4) is 0 Å². The Morgan fingerprint density at radius 2 is 1.96 bits per heavy atom. The SMILES string of the molecule is NC1=CCC(Cc2ncc(Cl)cc2Cl)(C(=O)NS(=O)(=O)c2ccccc2)C=C1. The lowest BCUT2D eigenvalue weighted by Crippen LogP contribution is -2.44. The van der Waals surface area contributed by atoms with Crippen molar-refractivity contribution in [3.05, 3.63) is 82.3 Å². The van der Waals surface area contributed by atoms with Crippen molar-refractivity contribution in [1.29, 1.82) is 0 Å². The maximum absolute atomic E-state index is 13.1. The van der Waals surface area contributed by atoms with Crippen molar-refractivity contribution in [2.45, 2.75) is 17.7 Å². The number of aromatic nitrogens is 1. The third kappa shape index (κ3) is 4.38. The molecule has 0 saturated carbocycles. The molecule has 0 saturated heterocycles. The number of amides is 1. The van der Waals surface area contributed by atoms with E-state index in [1.165, 1.54) is 24.4 Å². The molecule has 2 aromatic rings. The van der Waals surface area contributed by atoms with Crippen LogP contribution >= 0.6 is 23.2 Å². The molecule has 1 atom stereocenters. The van der Waals surface area contributed by atoms with E-state index in [-0.39, 0.29) is 17.7 Å². The summed E-state index contributed by atoms with van der Waals surface area (Å²) in [4.78, 5) is 17.3. The number of sulfonamides is 1. The highest BCUT2D eigenvalue weighted by Crippen LogP contribution is 2.35. The Labute approximate surface area is 173 Å². The second kappa shape index (κ2) is 7.95. The van der Waals surface area contributed by atoms with Gasteiger partial charge in [-0.3, -0.25) is 9.78 Å². The van der Waals surface area contributed by atoms with Crippen molar-refractivity contribution >= 4 is 39.1 Å². The monoisotopic (exact) mass is 437 g/mol. The van der Waals surface area contributed by atoms with E-state index < -0.39 is 21.3 Å². The number of nitrogens with zero attached hydrogens (tertiary/aromatic N) is 1. The second-order valence-electron chi connectivity index (χ2n) is 6.40. The van der Waals surface area contributed by atoms with Gasteiger partial charge in [0, 0.05) is 18.3 Å². The van der Waals surface area contributed by atoms with Crippen LogP contribution in [0.15, 0.2) is 71.4 Å².